The molecule has 0 radical (unpaired) electrons. The monoisotopic (exact) mass is 310 g/mol. The quantitative estimate of drug-likeness (QED) is 0.921. The molecule has 1 aliphatic heterocycles. The van der Waals surface area contributed by atoms with E-state index in [1.807, 2.05) is 35.5 Å². The first kappa shape index (κ1) is 15.4. The van der Waals surface area contributed by atoms with Gasteiger partial charge in [-0.15, -0.1) is 24.2 Å². The van der Waals surface area contributed by atoms with Gasteiger partial charge in [-0.1, -0.05) is 18.2 Å². The van der Waals surface area contributed by atoms with Crippen LogP contribution in [0.1, 0.15) is 29.6 Å². The maximum Gasteiger partial charge on any atom is 0.228 e. The molecule has 20 heavy (non-hydrogen) atoms. The van der Waals surface area contributed by atoms with Crippen LogP contribution in [-0.2, 0) is 0 Å². The number of likely N-dealkylation sites (N-methyl/N-ethyl adjacent to an activating group) is 1. The minimum absolute atomic E-state index is 0. The second-order valence-electron chi connectivity index (χ2n) is 4.98. The van der Waals surface area contributed by atoms with Crippen molar-refractivity contribution < 1.29 is 4.79 Å². The fourth-order valence-electron chi connectivity index (χ4n) is 2.98. The molecule has 0 bridgehead atoms. The Morgan fingerprint density at radius 1 is 1.45 bits per heavy atom. The largest absolute Gasteiger partial charge is 0.319 e. The lowest BCUT2D eigenvalue weighted by atomic mass is 9.95. The van der Waals surface area contributed by atoms with E-state index < -0.39 is 0 Å². The van der Waals surface area contributed by atoms with Gasteiger partial charge in [0.15, 0.2) is 0 Å². The molecule has 1 N–H and O–H groups in total. The maximum atomic E-state index is 12.0. The summed E-state index contributed by atoms with van der Waals surface area (Å²) in [5.41, 5.74) is 2.41. The lowest BCUT2D eigenvalue weighted by Crippen LogP contribution is -2.21. The van der Waals surface area contributed by atoms with Crippen LogP contribution < -0.4 is 5.32 Å². The molecule has 1 aromatic carbocycles. The minimum atomic E-state index is 0. The zero-order chi connectivity index (χ0) is 13.4. The third-order valence-corrected chi connectivity index (χ3v) is 4.86. The first-order valence-corrected chi connectivity index (χ1v) is 7.64. The number of fused-ring (bicyclic) bond motifs is 3. The summed E-state index contributed by atoms with van der Waals surface area (Å²) in [6.45, 7) is 2.62. The lowest BCUT2D eigenvalue weighted by Gasteiger charge is -2.23. The van der Waals surface area contributed by atoms with Crippen LogP contribution in [0, 0.1) is 0 Å². The Kier molecular flexibility index (Phi) is 4.78. The van der Waals surface area contributed by atoms with Gasteiger partial charge in [0, 0.05) is 30.5 Å². The molecule has 2 aromatic rings. The average Bonchev–Trinajstić information content (AvgIpc) is 2.74. The van der Waals surface area contributed by atoms with Crippen LogP contribution in [0.15, 0.2) is 29.3 Å². The van der Waals surface area contributed by atoms with Gasteiger partial charge in [0.05, 0.1) is 10.5 Å². The van der Waals surface area contributed by atoms with Crippen LogP contribution in [0.3, 0.4) is 0 Å². The third-order valence-electron chi connectivity index (χ3n) is 3.75. The molecule has 0 saturated heterocycles. The van der Waals surface area contributed by atoms with E-state index in [0.29, 0.717) is 5.92 Å². The molecule has 5 heteroatoms. The molecule has 0 fully saturated rings. The van der Waals surface area contributed by atoms with E-state index in [0.717, 1.165) is 22.8 Å². The number of hydrogen-bond acceptors (Lipinski definition) is 3. The van der Waals surface area contributed by atoms with Crippen molar-refractivity contribution in [3.8, 4) is 0 Å². The van der Waals surface area contributed by atoms with Gasteiger partial charge in [0.25, 0.3) is 0 Å². The van der Waals surface area contributed by atoms with Gasteiger partial charge in [0.2, 0.25) is 5.91 Å². The fourth-order valence-corrected chi connectivity index (χ4v) is 4.37. The number of thioether (sulfide) groups is 1. The molecule has 0 spiro atoms. The van der Waals surface area contributed by atoms with E-state index in [1.165, 1.54) is 17.4 Å². The minimum Gasteiger partial charge on any atom is -0.319 e. The summed E-state index contributed by atoms with van der Waals surface area (Å²) in [5.74, 6) is 1.70. The Morgan fingerprint density at radius 2 is 2.20 bits per heavy atom. The number of nitrogens with one attached hydrogen (secondary N) is 1. The predicted molar refractivity (Wildman–Crippen MR) is 87.5 cm³/mol. The molecule has 1 aromatic heterocycles. The maximum absolute atomic E-state index is 12.0. The molecule has 0 amide bonds. The zero-order valence-corrected chi connectivity index (χ0v) is 13.3. The Balaban J connectivity index is 0.00000147. The van der Waals surface area contributed by atoms with Gasteiger partial charge >= 0.3 is 0 Å². The molecule has 0 aliphatic carbocycles. The van der Waals surface area contributed by atoms with Gasteiger partial charge < -0.3 is 5.32 Å². The second-order valence-corrected chi connectivity index (χ2v) is 6.07. The van der Waals surface area contributed by atoms with Crippen molar-refractivity contribution in [3.63, 3.8) is 0 Å². The lowest BCUT2D eigenvalue weighted by molar-refractivity contribution is 0.0932. The highest BCUT2D eigenvalue weighted by atomic mass is 35.5. The molecule has 3 nitrogen and oxygen atoms in total. The van der Waals surface area contributed by atoms with Crippen LogP contribution in [0.4, 0.5) is 0 Å². The van der Waals surface area contributed by atoms with Crippen LogP contribution in [0.5, 0.6) is 0 Å². The standard InChI is InChI=1S/C15H18N2OS.ClH/c1-10(18)17-13-6-4-3-5-12(13)14-11(9-16-2)7-8-19-15(14)17;/h3-6,11,16H,7-9H2,1-2H3;1H. The number of rotatable bonds is 2. The van der Waals surface area contributed by atoms with Gasteiger partial charge in [-0.2, -0.15) is 0 Å². The van der Waals surface area contributed by atoms with E-state index >= 15 is 0 Å². The zero-order valence-electron chi connectivity index (χ0n) is 11.7. The van der Waals surface area contributed by atoms with Gasteiger partial charge in [0.1, 0.15) is 0 Å². The fraction of sp³-hybridized carbons (Fsp3) is 0.400. The first-order chi connectivity index (χ1) is 9.24. The molecule has 0 saturated carbocycles. The van der Waals surface area contributed by atoms with E-state index in [2.05, 4.69) is 17.4 Å². The van der Waals surface area contributed by atoms with Gasteiger partial charge in [-0.3, -0.25) is 9.36 Å². The topological polar surface area (TPSA) is 34.0 Å². The molecular formula is C15H19ClN2OS. The number of hydrogen-bond donors (Lipinski definition) is 1. The van der Waals surface area contributed by atoms with Crippen molar-refractivity contribution in [1.82, 2.24) is 9.88 Å². The summed E-state index contributed by atoms with van der Waals surface area (Å²) in [4.78, 5) is 12.0. The average molecular weight is 311 g/mol. The Labute approximate surface area is 129 Å². The van der Waals surface area contributed by atoms with E-state index in [9.17, 15) is 4.79 Å². The number of halogens is 1. The first-order valence-electron chi connectivity index (χ1n) is 6.65. The number of carbonyl (C=O) groups is 1. The van der Waals surface area contributed by atoms with Gasteiger partial charge in [-0.25, -0.2) is 0 Å². The summed E-state index contributed by atoms with van der Waals surface area (Å²) in [5, 5.41) is 5.67. The highest BCUT2D eigenvalue weighted by Gasteiger charge is 2.28. The molecule has 1 atom stereocenters. The number of nitrogens with zero attached hydrogens (tertiary/aromatic N) is 1. The molecular weight excluding hydrogens is 292 g/mol. The van der Waals surface area contributed by atoms with Crippen molar-refractivity contribution in [2.45, 2.75) is 24.3 Å². The number of para-hydroxylation sites is 1. The SMILES string of the molecule is CNCC1CCSc2c1c1ccccc1n2C(C)=O.Cl. The van der Waals surface area contributed by atoms with Crippen LogP contribution in [0.2, 0.25) is 0 Å². The van der Waals surface area contributed by atoms with Crippen molar-refractivity contribution in [2.75, 3.05) is 19.3 Å². The van der Waals surface area contributed by atoms with E-state index in [4.69, 9.17) is 0 Å². The molecule has 2 heterocycles. The van der Waals surface area contributed by atoms with Crippen LogP contribution in [0.25, 0.3) is 10.9 Å². The van der Waals surface area contributed by atoms with Crippen molar-refractivity contribution in [3.05, 3.63) is 29.8 Å². The second kappa shape index (κ2) is 6.20. The van der Waals surface area contributed by atoms with Crippen molar-refractivity contribution >= 4 is 41.0 Å². The number of carbonyl (C=O) groups excluding carboxylic acids is 1. The Hall–Kier alpha value is -0.970. The van der Waals surface area contributed by atoms with Crippen LogP contribution in [-0.4, -0.2) is 29.8 Å². The number of aromatic nitrogens is 1. The summed E-state index contributed by atoms with van der Waals surface area (Å²) in [6.07, 6.45) is 1.17. The smallest absolute Gasteiger partial charge is 0.228 e. The Bertz CT molecular complexity index is 638. The van der Waals surface area contributed by atoms with E-state index in [1.54, 1.807) is 6.92 Å². The molecule has 3 rings (SSSR count). The number of benzene rings is 1. The van der Waals surface area contributed by atoms with E-state index in [-0.39, 0.29) is 18.3 Å². The summed E-state index contributed by atoms with van der Waals surface area (Å²) in [7, 11) is 1.99. The highest BCUT2D eigenvalue weighted by Crippen LogP contribution is 2.43. The van der Waals surface area contributed by atoms with Gasteiger partial charge in [-0.05, 0) is 25.1 Å². The summed E-state index contributed by atoms with van der Waals surface area (Å²) >= 11 is 1.81. The summed E-state index contributed by atoms with van der Waals surface area (Å²) < 4.78 is 1.89. The Morgan fingerprint density at radius 3 is 2.90 bits per heavy atom. The molecule has 1 unspecified atom stereocenters. The third kappa shape index (κ3) is 2.36. The summed E-state index contributed by atoms with van der Waals surface area (Å²) in [6, 6.07) is 8.25. The highest BCUT2D eigenvalue weighted by molar-refractivity contribution is 7.99. The molecule has 108 valence electrons. The predicted octanol–water partition coefficient (Wildman–Crippen LogP) is 3.52. The van der Waals surface area contributed by atoms with Crippen LogP contribution >= 0.6 is 24.2 Å². The molecule has 1 aliphatic rings. The normalized spacial score (nSPS) is 17.6. The van der Waals surface area contributed by atoms with Crippen molar-refractivity contribution in [2.24, 2.45) is 0 Å². The van der Waals surface area contributed by atoms with Crippen molar-refractivity contribution in [1.29, 1.82) is 0 Å².